The third kappa shape index (κ3) is 3.66. The van der Waals surface area contributed by atoms with Crippen LogP contribution in [0.2, 0.25) is 5.02 Å². The van der Waals surface area contributed by atoms with Crippen LogP contribution in [-0.2, 0) is 9.53 Å². The van der Waals surface area contributed by atoms with E-state index >= 15 is 0 Å². The molecule has 94 valence electrons. The highest BCUT2D eigenvalue weighted by atomic mass is 35.5. The Morgan fingerprint density at radius 3 is 2.71 bits per heavy atom. The van der Waals surface area contributed by atoms with Crippen LogP contribution in [-0.4, -0.2) is 29.4 Å². The van der Waals surface area contributed by atoms with Gasteiger partial charge in [-0.2, -0.15) is 0 Å². The highest BCUT2D eigenvalue weighted by molar-refractivity contribution is 6.30. The van der Waals surface area contributed by atoms with E-state index in [2.05, 4.69) is 4.74 Å². The molecular formula is C11H12ClFO4. The van der Waals surface area contributed by atoms with Crippen molar-refractivity contribution >= 4 is 17.6 Å². The third-order valence-electron chi connectivity index (χ3n) is 2.25. The number of carbonyl (C=O) groups is 1. The van der Waals surface area contributed by atoms with Gasteiger partial charge in [0.15, 0.2) is 0 Å². The summed E-state index contributed by atoms with van der Waals surface area (Å²) in [5.74, 6) is -1.36. The Labute approximate surface area is 103 Å². The van der Waals surface area contributed by atoms with Gasteiger partial charge in [0.05, 0.1) is 24.7 Å². The van der Waals surface area contributed by atoms with Crippen molar-refractivity contribution in [3.63, 3.8) is 0 Å². The van der Waals surface area contributed by atoms with Crippen molar-refractivity contribution in [2.45, 2.75) is 18.6 Å². The maximum absolute atomic E-state index is 13.1. The van der Waals surface area contributed by atoms with E-state index in [1.807, 2.05) is 0 Å². The van der Waals surface area contributed by atoms with Crippen LogP contribution in [0.25, 0.3) is 0 Å². The molecule has 0 aliphatic carbocycles. The average molecular weight is 263 g/mol. The van der Waals surface area contributed by atoms with Gasteiger partial charge < -0.3 is 14.9 Å². The molecule has 0 saturated carbocycles. The molecule has 0 aromatic heterocycles. The summed E-state index contributed by atoms with van der Waals surface area (Å²) in [4.78, 5) is 10.9. The number of rotatable bonds is 4. The van der Waals surface area contributed by atoms with Crippen molar-refractivity contribution in [3.8, 4) is 0 Å². The standard InChI is InChI=1S/C11H12ClFO4/c1-17-10(15)5-9(14)11(16)6-2-3-7(12)8(13)4-6/h2-4,9,11,14,16H,5H2,1H3. The number of halogens is 2. The molecule has 0 heterocycles. The van der Waals surface area contributed by atoms with E-state index in [0.717, 1.165) is 6.07 Å². The number of esters is 1. The molecule has 0 spiro atoms. The molecule has 2 atom stereocenters. The zero-order valence-corrected chi connectivity index (χ0v) is 9.82. The first-order chi connectivity index (χ1) is 7.95. The van der Waals surface area contributed by atoms with Crippen molar-refractivity contribution < 1.29 is 24.1 Å². The molecular weight excluding hydrogens is 251 g/mol. The monoisotopic (exact) mass is 262 g/mol. The lowest BCUT2D eigenvalue weighted by Gasteiger charge is -2.17. The third-order valence-corrected chi connectivity index (χ3v) is 2.56. The van der Waals surface area contributed by atoms with Crippen molar-refractivity contribution in [2.24, 2.45) is 0 Å². The molecule has 1 rings (SSSR count). The normalized spacial score (nSPS) is 14.2. The summed E-state index contributed by atoms with van der Waals surface area (Å²) in [6.07, 6.45) is -3.11. The number of hydrogen-bond donors (Lipinski definition) is 2. The van der Waals surface area contributed by atoms with Crippen LogP contribution in [0.5, 0.6) is 0 Å². The van der Waals surface area contributed by atoms with Gasteiger partial charge in [-0.3, -0.25) is 4.79 Å². The second kappa shape index (κ2) is 5.95. The second-order valence-corrected chi connectivity index (χ2v) is 3.87. The summed E-state index contributed by atoms with van der Waals surface area (Å²) >= 11 is 5.48. The average Bonchev–Trinajstić information content (AvgIpc) is 2.31. The SMILES string of the molecule is COC(=O)CC(O)C(O)c1ccc(Cl)c(F)c1. The number of carbonyl (C=O) groups excluding carboxylic acids is 1. The summed E-state index contributed by atoms with van der Waals surface area (Å²) in [5, 5.41) is 19.1. The lowest BCUT2D eigenvalue weighted by molar-refractivity contribution is -0.144. The molecule has 17 heavy (non-hydrogen) atoms. The Hall–Kier alpha value is -1.17. The topological polar surface area (TPSA) is 66.8 Å². The van der Waals surface area contributed by atoms with Gasteiger partial charge in [0, 0.05) is 0 Å². The Kier molecular flexibility index (Phi) is 4.86. The summed E-state index contributed by atoms with van der Waals surface area (Å²) in [6.45, 7) is 0. The summed E-state index contributed by atoms with van der Waals surface area (Å²) < 4.78 is 17.5. The molecule has 0 amide bonds. The minimum atomic E-state index is -1.37. The maximum atomic E-state index is 13.1. The van der Waals surface area contributed by atoms with Crippen molar-refractivity contribution in [1.82, 2.24) is 0 Å². The number of aliphatic hydroxyl groups is 2. The van der Waals surface area contributed by atoms with Crippen LogP contribution in [0.4, 0.5) is 4.39 Å². The first-order valence-electron chi connectivity index (χ1n) is 4.83. The predicted octanol–water partition coefficient (Wildman–Crippen LogP) is 1.44. The van der Waals surface area contributed by atoms with Crippen LogP contribution >= 0.6 is 11.6 Å². The fraction of sp³-hybridized carbons (Fsp3) is 0.364. The first-order valence-corrected chi connectivity index (χ1v) is 5.21. The first kappa shape index (κ1) is 13.9. The zero-order chi connectivity index (χ0) is 13.0. The van der Waals surface area contributed by atoms with E-state index < -0.39 is 24.0 Å². The van der Waals surface area contributed by atoms with Gasteiger partial charge in [-0.05, 0) is 17.7 Å². The minimum absolute atomic E-state index is 0.0802. The second-order valence-electron chi connectivity index (χ2n) is 3.47. The van der Waals surface area contributed by atoms with Crippen LogP contribution in [0.1, 0.15) is 18.1 Å². The number of methoxy groups -OCH3 is 1. The minimum Gasteiger partial charge on any atom is -0.469 e. The number of hydrogen-bond acceptors (Lipinski definition) is 4. The fourth-order valence-electron chi connectivity index (χ4n) is 1.28. The Balaban J connectivity index is 2.77. The van der Waals surface area contributed by atoms with Gasteiger partial charge in [-0.1, -0.05) is 17.7 Å². The molecule has 6 heteroatoms. The summed E-state index contributed by atoms with van der Waals surface area (Å²) in [7, 11) is 1.17. The van der Waals surface area contributed by atoms with Crippen molar-refractivity contribution in [1.29, 1.82) is 0 Å². The molecule has 1 aromatic rings. The van der Waals surface area contributed by atoms with Crippen molar-refractivity contribution in [2.75, 3.05) is 7.11 Å². The zero-order valence-electron chi connectivity index (χ0n) is 9.06. The van der Waals surface area contributed by atoms with E-state index in [4.69, 9.17) is 11.6 Å². The van der Waals surface area contributed by atoms with E-state index in [0.29, 0.717) is 0 Å². The Morgan fingerprint density at radius 2 is 2.18 bits per heavy atom. The quantitative estimate of drug-likeness (QED) is 0.806. The molecule has 0 radical (unpaired) electrons. The summed E-state index contributed by atoms with van der Waals surface area (Å²) in [6, 6.07) is 3.64. The Bertz CT molecular complexity index is 410. The van der Waals surface area contributed by atoms with Gasteiger partial charge in [0.25, 0.3) is 0 Å². The molecule has 0 saturated heterocycles. The predicted molar refractivity (Wildman–Crippen MR) is 59.0 cm³/mol. The van der Waals surface area contributed by atoms with E-state index in [9.17, 15) is 19.4 Å². The number of ether oxygens (including phenoxy) is 1. The van der Waals surface area contributed by atoms with Crippen LogP contribution in [0.15, 0.2) is 18.2 Å². The highest BCUT2D eigenvalue weighted by Crippen LogP contribution is 2.23. The van der Waals surface area contributed by atoms with Crippen LogP contribution < -0.4 is 0 Å². The smallest absolute Gasteiger partial charge is 0.308 e. The molecule has 1 aromatic carbocycles. The summed E-state index contributed by atoms with van der Waals surface area (Å²) in [5.41, 5.74) is 0.142. The highest BCUT2D eigenvalue weighted by Gasteiger charge is 2.22. The van der Waals surface area contributed by atoms with E-state index in [1.54, 1.807) is 0 Å². The molecule has 0 aliphatic heterocycles. The molecule has 0 bridgehead atoms. The van der Waals surface area contributed by atoms with Gasteiger partial charge in [0.2, 0.25) is 0 Å². The number of benzene rings is 1. The Morgan fingerprint density at radius 1 is 1.53 bits per heavy atom. The molecule has 0 fully saturated rings. The van der Waals surface area contributed by atoms with E-state index in [1.165, 1.54) is 19.2 Å². The molecule has 0 aliphatic rings. The maximum Gasteiger partial charge on any atom is 0.308 e. The van der Waals surface area contributed by atoms with Gasteiger partial charge in [0.1, 0.15) is 11.9 Å². The molecule has 4 nitrogen and oxygen atoms in total. The number of aliphatic hydroxyl groups excluding tert-OH is 2. The lowest BCUT2D eigenvalue weighted by Crippen LogP contribution is -2.22. The molecule has 2 N–H and O–H groups in total. The molecule has 2 unspecified atom stereocenters. The van der Waals surface area contributed by atoms with Crippen molar-refractivity contribution in [3.05, 3.63) is 34.6 Å². The lowest BCUT2D eigenvalue weighted by atomic mass is 10.0. The van der Waals surface area contributed by atoms with Gasteiger partial charge in [-0.25, -0.2) is 4.39 Å². The van der Waals surface area contributed by atoms with E-state index in [-0.39, 0.29) is 17.0 Å². The van der Waals surface area contributed by atoms with Gasteiger partial charge in [-0.15, -0.1) is 0 Å². The van der Waals surface area contributed by atoms with Crippen LogP contribution in [0, 0.1) is 5.82 Å². The fourth-order valence-corrected chi connectivity index (χ4v) is 1.40. The van der Waals surface area contributed by atoms with Crippen LogP contribution in [0.3, 0.4) is 0 Å². The van der Waals surface area contributed by atoms with Gasteiger partial charge >= 0.3 is 5.97 Å². The largest absolute Gasteiger partial charge is 0.469 e.